The molecule has 0 saturated heterocycles. The van der Waals surface area contributed by atoms with E-state index in [0.717, 1.165) is 36.8 Å². The van der Waals surface area contributed by atoms with Gasteiger partial charge in [0, 0.05) is 43.5 Å². The number of benzene rings is 1. The van der Waals surface area contributed by atoms with E-state index in [2.05, 4.69) is 46.8 Å². The van der Waals surface area contributed by atoms with Crippen molar-refractivity contribution in [3.8, 4) is 28.7 Å². The molecule has 1 aromatic carbocycles. The van der Waals surface area contributed by atoms with Crippen LogP contribution in [0.25, 0.3) is 22.6 Å². The highest BCUT2D eigenvalue weighted by molar-refractivity contribution is 5.93. The molecule has 12 heteroatoms. The van der Waals surface area contributed by atoms with E-state index in [1.807, 2.05) is 60.6 Å². The number of rotatable bonds is 9. The smallest absolute Gasteiger partial charge is 0.228 e. The largest absolute Gasteiger partial charge is 0.351 e. The van der Waals surface area contributed by atoms with E-state index in [4.69, 9.17) is 0 Å². The summed E-state index contributed by atoms with van der Waals surface area (Å²) in [4.78, 5) is 24.5. The predicted molar refractivity (Wildman–Crippen MR) is 160 cm³/mol. The Bertz CT molecular complexity index is 1700. The number of aromatic nitrogens is 8. The lowest BCUT2D eigenvalue weighted by molar-refractivity contribution is -0.119. The maximum Gasteiger partial charge on any atom is 0.228 e. The summed E-state index contributed by atoms with van der Waals surface area (Å²) in [5.74, 6) is 1.05. The molecule has 1 aliphatic rings. The number of anilines is 2. The summed E-state index contributed by atoms with van der Waals surface area (Å²) >= 11 is 0. The van der Waals surface area contributed by atoms with E-state index in [-0.39, 0.29) is 18.0 Å². The Morgan fingerprint density at radius 3 is 2.60 bits per heavy atom. The maximum atomic E-state index is 13.7. The van der Waals surface area contributed by atoms with Crippen LogP contribution in [0.5, 0.6) is 0 Å². The van der Waals surface area contributed by atoms with Crippen LogP contribution in [0.1, 0.15) is 43.2 Å². The molecule has 1 amide bonds. The van der Waals surface area contributed by atoms with Gasteiger partial charge in [0.1, 0.15) is 11.8 Å². The van der Waals surface area contributed by atoms with Crippen LogP contribution in [0, 0.1) is 11.3 Å². The first-order chi connectivity index (χ1) is 21.1. The van der Waals surface area contributed by atoms with Gasteiger partial charge in [-0.2, -0.15) is 15.5 Å². The van der Waals surface area contributed by atoms with E-state index < -0.39 is 0 Å². The minimum atomic E-state index is -0.0118. The van der Waals surface area contributed by atoms with Crippen molar-refractivity contribution in [2.45, 2.75) is 50.6 Å². The van der Waals surface area contributed by atoms with Crippen molar-refractivity contribution in [1.29, 1.82) is 5.26 Å². The van der Waals surface area contributed by atoms with Crippen molar-refractivity contribution in [3.63, 3.8) is 0 Å². The van der Waals surface area contributed by atoms with Gasteiger partial charge in [-0.05, 0) is 55.9 Å². The fraction of sp³-hybridized carbons (Fsp3) is 0.290. The van der Waals surface area contributed by atoms with Crippen LogP contribution in [0.2, 0.25) is 0 Å². The molecule has 0 radical (unpaired) electrons. The number of aromatic amines is 1. The Hall–Kier alpha value is -5.44. The summed E-state index contributed by atoms with van der Waals surface area (Å²) in [7, 11) is 1.86. The third-order valence-corrected chi connectivity index (χ3v) is 7.70. The second kappa shape index (κ2) is 12.6. The van der Waals surface area contributed by atoms with Crippen molar-refractivity contribution >= 4 is 17.7 Å². The second-order valence-electron chi connectivity index (χ2n) is 10.6. The Balaban J connectivity index is 1.16. The van der Waals surface area contributed by atoms with Crippen molar-refractivity contribution < 1.29 is 4.79 Å². The van der Waals surface area contributed by atoms with E-state index >= 15 is 0 Å². The van der Waals surface area contributed by atoms with Crippen LogP contribution >= 0.6 is 0 Å². The molecule has 4 heterocycles. The monoisotopic (exact) mass is 573 g/mol. The molecule has 43 heavy (non-hydrogen) atoms. The molecule has 0 bridgehead atoms. The van der Waals surface area contributed by atoms with Gasteiger partial charge < -0.3 is 5.32 Å². The van der Waals surface area contributed by atoms with E-state index in [9.17, 15) is 10.1 Å². The predicted octanol–water partition coefficient (Wildman–Crippen LogP) is 4.32. The summed E-state index contributed by atoms with van der Waals surface area (Å²) in [6.07, 6.45) is 11.0. The molecule has 5 aromatic rings. The number of nitrogens with zero attached hydrogens (tertiary/aromatic N) is 9. The van der Waals surface area contributed by atoms with Gasteiger partial charge in [0.2, 0.25) is 11.9 Å². The number of amides is 1. The molecule has 1 saturated carbocycles. The second-order valence-corrected chi connectivity index (χ2v) is 10.6. The summed E-state index contributed by atoms with van der Waals surface area (Å²) in [5, 5.41) is 32.9. The van der Waals surface area contributed by atoms with Crippen LogP contribution in [0.15, 0.2) is 73.3 Å². The SMILES string of the molecule is Cn1cc(-c2ccc(N(C(=O)CCc3ccccc3)[C@H]3CC[C@H](Nc4ncc(C#N)c(-c5ccn[nH]5)n4)CC3)nn2)cn1. The molecule has 0 spiro atoms. The summed E-state index contributed by atoms with van der Waals surface area (Å²) < 4.78 is 1.72. The first kappa shape index (κ1) is 27.7. The standard InChI is InChI=1S/C31H31N11O/c1-41-20-23(19-35-41)26-12-13-28(40-39-26)42(29(43)14-7-21-5-3-2-4-6-21)25-10-8-24(9-11-25)36-31-33-18-22(17-32)30(37-31)27-15-16-34-38-27/h2-6,12-13,15-16,18-20,24-25H,7-11,14H2,1H3,(H,34,38)(H,33,36,37)/t24-,25-. The highest BCUT2D eigenvalue weighted by Crippen LogP contribution is 2.30. The molecular weight excluding hydrogens is 542 g/mol. The number of hydrogen-bond acceptors (Lipinski definition) is 9. The molecule has 0 unspecified atom stereocenters. The van der Waals surface area contributed by atoms with Crippen LogP contribution in [0.4, 0.5) is 11.8 Å². The van der Waals surface area contributed by atoms with Crippen LogP contribution < -0.4 is 10.2 Å². The molecular formula is C31H31N11O. The molecule has 0 atom stereocenters. The maximum absolute atomic E-state index is 13.7. The van der Waals surface area contributed by atoms with Crippen molar-refractivity contribution in [2.75, 3.05) is 10.2 Å². The van der Waals surface area contributed by atoms with Gasteiger partial charge in [-0.3, -0.25) is 19.5 Å². The van der Waals surface area contributed by atoms with Crippen LogP contribution in [-0.2, 0) is 18.3 Å². The molecule has 1 fully saturated rings. The van der Waals surface area contributed by atoms with E-state index in [0.29, 0.717) is 47.3 Å². The molecule has 216 valence electrons. The quantitative estimate of drug-likeness (QED) is 0.262. The normalized spacial score (nSPS) is 16.4. The third kappa shape index (κ3) is 6.41. The Kier molecular flexibility index (Phi) is 8.13. The number of nitriles is 1. The number of nitrogens with one attached hydrogen (secondary N) is 2. The molecule has 12 nitrogen and oxygen atoms in total. The third-order valence-electron chi connectivity index (χ3n) is 7.70. The number of hydrogen-bond donors (Lipinski definition) is 2. The van der Waals surface area contributed by atoms with Gasteiger partial charge in [0.05, 0.1) is 29.3 Å². The number of carbonyl (C=O) groups excluding carboxylic acids is 1. The highest BCUT2D eigenvalue weighted by Gasteiger charge is 2.31. The lowest BCUT2D eigenvalue weighted by Crippen LogP contribution is -2.45. The zero-order valence-electron chi connectivity index (χ0n) is 23.8. The zero-order valence-corrected chi connectivity index (χ0v) is 23.8. The van der Waals surface area contributed by atoms with Gasteiger partial charge in [0.25, 0.3) is 0 Å². The summed E-state index contributed by atoms with van der Waals surface area (Å²) in [6.45, 7) is 0. The van der Waals surface area contributed by atoms with Gasteiger partial charge in [-0.1, -0.05) is 30.3 Å². The average Bonchev–Trinajstić information content (AvgIpc) is 3.74. The minimum Gasteiger partial charge on any atom is -0.351 e. The van der Waals surface area contributed by atoms with Crippen LogP contribution in [0.3, 0.4) is 0 Å². The van der Waals surface area contributed by atoms with Gasteiger partial charge in [-0.15, -0.1) is 10.2 Å². The van der Waals surface area contributed by atoms with Gasteiger partial charge in [-0.25, -0.2) is 9.97 Å². The molecule has 2 N–H and O–H groups in total. The van der Waals surface area contributed by atoms with E-state index in [1.54, 1.807) is 23.1 Å². The van der Waals surface area contributed by atoms with Crippen molar-refractivity contribution in [2.24, 2.45) is 7.05 Å². The topological polar surface area (TPSA) is 154 Å². The first-order valence-electron chi connectivity index (χ1n) is 14.3. The van der Waals surface area contributed by atoms with Crippen molar-refractivity contribution in [1.82, 2.24) is 40.1 Å². The molecule has 0 aliphatic heterocycles. The van der Waals surface area contributed by atoms with Crippen LogP contribution in [-0.4, -0.2) is 58.1 Å². The molecule has 1 aliphatic carbocycles. The molecule has 4 aromatic heterocycles. The first-order valence-corrected chi connectivity index (χ1v) is 14.3. The van der Waals surface area contributed by atoms with Crippen molar-refractivity contribution in [3.05, 3.63) is 84.4 Å². The fourth-order valence-corrected chi connectivity index (χ4v) is 5.48. The Morgan fingerprint density at radius 2 is 1.93 bits per heavy atom. The van der Waals surface area contributed by atoms with Gasteiger partial charge >= 0.3 is 0 Å². The summed E-state index contributed by atoms with van der Waals surface area (Å²) in [5.41, 5.74) is 4.24. The Labute approximate surface area is 248 Å². The van der Waals surface area contributed by atoms with Gasteiger partial charge in [0.15, 0.2) is 5.82 Å². The van der Waals surface area contributed by atoms with E-state index in [1.165, 1.54) is 6.20 Å². The lowest BCUT2D eigenvalue weighted by atomic mass is 9.89. The number of aryl methyl sites for hydroxylation is 2. The number of carbonyl (C=O) groups is 1. The average molecular weight is 574 g/mol. The number of H-pyrrole nitrogens is 1. The summed E-state index contributed by atoms with van der Waals surface area (Å²) in [6, 6.07) is 17.8. The molecule has 6 rings (SSSR count). The Morgan fingerprint density at radius 1 is 1.09 bits per heavy atom. The fourth-order valence-electron chi connectivity index (χ4n) is 5.48. The zero-order chi connectivity index (χ0) is 29.6. The highest BCUT2D eigenvalue weighted by atomic mass is 16.2. The lowest BCUT2D eigenvalue weighted by Gasteiger charge is -2.36. The minimum absolute atomic E-state index is 0.0118.